The van der Waals surface area contributed by atoms with Crippen LogP contribution in [-0.2, 0) is 6.54 Å². The minimum Gasteiger partial charge on any atom is -0.467 e. The first-order valence-corrected chi connectivity index (χ1v) is 9.09. The lowest BCUT2D eigenvalue weighted by Gasteiger charge is -2.11. The number of amides is 2. The highest BCUT2D eigenvalue weighted by atomic mass is 127. The lowest BCUT2D eigenvalue weighted by atomic mass is 10.1. The number of anilines is 1. The summed E-state index contributed by atoms with van der Waals surface area (Å²) in [6, 6.07) is 16.0. The Bertz CT molecular complexity index is 936. The summed E-state index contributed by atoms with van der Waals surface area (Å²) in [6.07, 6.45) is 1.55. The van der Waals surface area contributed by atoms with Gasteiger partial charge in [-0.2, -0.15) is 0 Å². The second-order valence-corrected chi connectivity index (χ2v) is 6.89. The molecule has 0 atom stereocenters. The molecule has 1 heterocycles. The highest BCUT2D eigenvalue weighted by molar-refractivity contribution is 14.1. The molecule has 132 valence electrons. The van der Waals surface area contributed by atoms with Crippen molar-refractivity contribution in [3.05, 3.63) is 86.9 Å². The zero-order chi connectivity index (χ0) is 18.5. The Balaban J connectivity index is 1.74. The Hall–Kier alpha value is -2.61. The Morgan fingerprint density at radius 3 is 2.58 bits per heavy atom. The van der Waals surface area contributed by atoms with E-state index in [0.717, 1.165) is 9.13 Å². The smallest absolute Gasteiger partial charge is 0.255 e. The Labute approximate surface area is 164 Å². The van der Waals surface area contributed by atoms with Gasteiger partial charge in [-0.3, -0.25) is 9.59 Å². The van der Waals surface area contributed by atoms with Gasteiger partial charge in [-0.15, -0.1) is 0 Å². The highest BCUT2D eigenvalue weighted by Crippen LogP contribution is 2.18. The molecule has 0 aliphatic rings. The number of benzene rings is 2. The van der Waals surface area contributed by atoms with Crippen LogP contribution in [0.25, 0.3) is 0 Å². The quantitative estimate of drug-likeness (QED) is 0.556. The molecule has 2 N–H and O–H groups in total. The SMILES string of the molecule is Cc1ccc(C(=O)Nc2ccccc2C(=O)NCc2ccco2)cc1I. The van der Waals surface area contributed by atoms with Gasteiger partial charge in [0.2, 0.25) is 0 Å². The zero-order valence-electron chi connectivity index (χ0n) is 14.1. The van der Waals surface area contributed by atoms with Crippen LogP contribution < -0.4 is 10.6 Å². The van der Waals surface area contributed by atoms with Crippen molar-refractivity contribution >= 4 is 40.1 Å². The van der Waals surface area contributed by atoms with E-state index in [1.807, 2.05) is 19.1 Å². The Kier molecular flexibility index (Phi) is 5.72. The molecule has 0 spiro atoms. The van der Waals surface area contributed by atoms with E-state index in [9.17, 15) is 9.59 Å². The molecule has 2 aromatic carbocycles. The summed E-state index contributed by atoms with van der Waals surface area (Å²) in [6.45, 7) is 2.27. The lowest BCUT2D eigenvalue weighted by molar-refractivity contribution is 0.0949. The van der Waals surface area contributed by atoms with Crippen LogP contribution in [0.2, 0.25) is 0 Å². The maximum atomic E-state index is 12.5. The van der Waals surface area contributed by atoms with Gasteiger partial charge >= 0.3 is 0 Å². The molecule has 3 aromatic rings. The van der Waals surface area contributed by atoms with Crippen molar-refractivity contribution < 1.29 is 14.0 Å². The molecular weight excluding hydrogens is 443 g/mol. The van der Waals surface area contributed by atoms with E-state index in [1.165, 1.54) is 0 Å². The molecule has 0 saturated heterocycles. The standard InChI is InChI=1S/C20H17IN2O3/c1-13-8-9-14(11-17(13)21)19(24)23-18-7-3-2-6-16(18)20(25)22-12-15-5-4-10-26-15/h2-11H,12H2,1H3,(H,22,25)(H,23,24). The van der Waals surface area contributed by atoms with E-state index in [2.05, 4.69) is 33.2 Å². The van der Waals surface area contributed by atoms with Crippen molar-refractivity contribution in [2.24, 2.45) is 0 Å². The fourth-order valence-corrected chi connectivity index (χ4v) is 2.91. The van der Waals surface area contributed by atoms with E-state index in [4.69, 9.17) is 4.42 Å². The third-order valence-corrected chi connectivity index (χ3v) is 5.02. The van der Waals surface area contributed by atoms with Crippen LogP contribution in [0.1, 0.15) is 32.0 Å². The van der Waals surface area contributed by atoms with Crippen LogP contribution in [0.5, 0.6) is 0 Å². The summed E-state index contributed by atoms with van der Waals surface area (Å²) < 4.78 is 6.22. The van der Waals surface area contributed by atoms with Gasteiger partial charge in [0, 0.05) is 9.13 Å². The number of para-hydroxylation sites is 1. The molecule has 0 radical (unpaired) electrons. The summed E-state index contributed by atoms with van der Waals surface area (Å²) in [5.74, 6) is 0.124. The van der Waals surface area contributed by atoms with E-state index in [1.54, 1.807) is 48.7 Å². The fraction of sp³-hybridized carbons (Fsp3) is 0.100. The van der Waals surface area contributed by atoms with Crippen LogP contribution in [0.3, 0.4) is 0 Å². The van der Waals surface area contributed by atoms with Crippen LogP contribution in [0.4, 0.5) is 5.69 Å². The third kappa shape index (κ3) is 4.32. The van der Waals surface area contributed by atoms with Gasteiger partial charge < -0.3 is 15.1 Å². The van der Waals surface area contributed by atoms with Gasteiger partial charge in [-0.1, -0.05) is 18.2 Å². The van der Waals surface area contributed by atoms with Gasteiger partial charge in [0.25, 0.3) is 11.8 Å². The number of aryl methyl sites for hydroxylation is 1. The van der Waals surface area contributed by atoms with Gasteiger partial charge in [0.15, 0.2) is 0 Å². The number of rotatable bonds is 5. The first-order valence-electron chi connectivity index (χ1n) is 8.01. The monoisotopic (exact) mass is 460 g/mol. The molecule has 0 aliphatic heterocycles. The Morgan fingerprint density at radius 2 is 1.85 bits per heavy atom. The summed E-state index contributed by atoms with van der Waals surface area (Å²) >= 11 is 2.19. The minimum absolute atomic E-state index is 0.255. The van der Waals surface area contributed by atoms with Crippen LogP contribution >= 0.6 is 22.6 Å². The van der Waals surface area contributed by atoms with E-state index in [0.29, 0.717) is 22.6 Å². The highest BCUT2D eigenvalue weighted by Gasteiger charge is 2.14. The average Bonchev–Trinajstić information content (AvgIpc) is 3.16. The summed E-state index contributed by atoms with van der Waals surface area (Å²) in [4.78, 5) is 25.0. The lowest BCUT2D eigenvalue weighted by Crippen LogP contribution is -2.24. The van der Waals surface area contributed by atoms with Crippen LogP contribution in [0.15, 0.2) is 65.3 Å². The number of hydrogen-bond acceptors (Lipinski definition) is 3. The number of carbonyl (C=O) groups is 2. The predicted molar refractivity (Wildman–Crippen MR) is 108 cm³/mol. The maximum Gasteiger partial charge on any atom is 0.255 e. The van der Waals surface area contributed by atoms with Gasteiger partial charge in [-0.25, -0.2) is 0 Å². The molecule has 0 saturated carbocycles. The molecule has 0 fully saturated rings. The van der Waals surface area contributed by atoms with Crippen LogP contribution in [-0.4, -0.2) is 11.8 Å². The number of halogens is 1. The van der Waals surface area contributed by atoms with E-state index < -0.39 is 0 Å². The molecule has 1 aromatic heterocycles. The van der Waals surface area contributed by atoms with Gasteiger partial charge in [0.05, 0.1) is 24.1 Å². The number of nitrogens with one attached hydrogen (secondary N) is 2. The third-order valence-electron chi connectivity index (χ3n) is 3.86. The number of furan rings is 1. The fourth-order valence-electron chi connectivity index (χ4n) is 2.39. The second kappa shape index (κ2) is 8.18. The number of hydrogen-bond donors (Lipinski definition) is 2. The topological polar surface area (TPSA) is 71.3 Å². The van der Waals surface area contributed by atoms with Crippen molar-refractivity contribution in [2.75, 3.05) is 5.32 Å². The summed E-state index contributed by atoms with van der Waals surface area (Å²) in [5.41, 5.74) is 2.52. The Morgan fingerprint density at radius 1 is 1.04 bits per heavy atom. The zero-order valence-corrected chi connectivity index (χ0v) is 16.2. The molecule has 6 heteroatoms. The number of carbonyl (C=O) groups excluding carboxylic acids is 2. The molecule has 0 bridgehead atoms. The van der Waals surface area contributed by atoms with Crippen molar-refractivity contribution in [3.8, 4) is 0 Å². The van der Waals surface area contributed by atoms with Gasteiger partial charge in [-0.05, 0) is 71.5 Å². The minimum atomic E-state index is -0.282. The van der Waals surface area contributed by atoms with Crippen LogP contribution in [0, 0.1) is 10.5 Å². The summed E-state index contributed by atoms with van der Waals surface area (Å²) in [5, 5.41) is 5.61. The molecular formula is C20H17IN2O3. The average molecular weight is 460 g/mol. The first kappa shape index (κ1) is 18.2. The van der Waals surface area contributed by atoms with Crippen molar-refractivity contribution in [1.29, 1.82) is 0 Å². The second-order valence-electron chi connectivity index (χ2n) is 5.73. The predicted octanol–water partition coefficient (Wildman–Crippen LogP) is 4.37. The molecule has 3 rings (SSSR count). The molecule has 0 unspecified atom stereocenters. The molecule has 2 amide bonds. The van der Waals surface area contributed by atoms with Gasteiger partial charge in [0.1, 0.15) is 5.76 Å². The largest absolute Gasteiger partial charge is 0.467 e. The van der Waals surface area contributed by atoms with E-state index in [-0.39, 0.29) is 18.4 Å². The first-order chi connectivity index (χ1) is 12.5. The maximum absolute atomic E-state index is 12.5. The molecule has 5 nitrogen and oxygen atoms in total. The van der Waals surface area contributed by atoms with Crippen molar-refractivity contribution in [1.82, 2.24) is 5.32 Å². The molecule has 26 heavy (non-hydrogen) atoms. The van der Waals surface area contributed by atoms with Crippen molar-refractivity contribution in [3.63, 3.8) is 0 Å². The van der Waals surface area contributed by atoms with Crippen molar-refractivity contribution in [2.45, 2.75) is 13.5 Å². The van der Waals surface area contributed by atoms with E-state index >= 15 is 0 Å². The summed E-state index contributed by atoms with van der Waals surface area (Å²) in [7, 11) is 0. The normalized spacial score (nSPS) is 10.4. The molecule has 0 aliphatic carbocycles.